The quantitative estimate of drug-likeness (QED) is 0.512. The Morgan fingerprint density at radius 3 is 2.67 bits per heavy atom. The van der Waals surface area contributed by atoms with Gasteiger partial charge in [-0.15, -0.1) is 0 Å². The van der Waals surface area contributed by atoms with Crippen molar-refractivity contribution in [1.82, 2.24) is 24.6 Å². The number of carbonyl (C=O) groups is 1. The predicted octanol–water partition coefficient (Wildman–Crippen LogP) is 4.52. The largest absolute Gasteiger partial charge is 0.354 e. The number of nitrogens with zero attached hydrogens (tertiary/aromatic N) is 4. The van der Waals surface area contributed by atoms with Gasteiger partial charge in [0, 0.05) is 42.2 Å². The van der Waals surface area contributed by atoms with E-state index in [1.807, 2.05) is 24.3 Å². The van der Waals surface area contributed by atoms with E-state index in [2.05, 4.69) is 35.7 Å². The van der Waals surface area contributed by atoms with Crippen LogP contribution >= 0.6 is 23.8 Å². The SMILES string of the molecule is CCCCn1c(-c2ccc(Cl)cc2)nn(CCC(=O)NCC(C)N(C)C2CC2)c1=S. The van der Waals surface area contributed by atoms with Crippen LogP contribution in [0.15, 0.2) is 24.3 Å². The zero-order valence-electron chi connectivity index (χ0n) is 18.1. The van der Waals surface area contributed by atoms with E-state index >= 15 is 0 Å². The van der Waals surface area contributed by atoms with Gasteiger partial charge in [-0.2, -0.15) is 5.10 Å². The molecule has 164 valence electrons. The van der Waals surface area contributed by atoms with Gasteiger partial charge >= 0.3 is 0 Å². The topological polar surface area (TPSA) is 55.1 Å². The molecule has 1 amide bonds. The molecule has 1 aromatic heterocycles. The average molecular weight is 450 g/mol. The highest BCUT2D eigenvalue weighted by molar-refractivity contribution is 7.71. The van der Waals surface area contributed by atoms with Crippen molar-refractivity contribution in [2.75, 3.05) is 13.6 Å². The smallest absolute Gasteiger partial charge is 0.221 e. The summed E-state index contributed by atoms with van der Waals surface area (Å²) in [7, 11) is 2.13. The van der Waals surface area contributed by atoms with E-state index in [9.17, 15) is 4.79 Å². The van der Waals surface area contributed by atoms with Gasteiger partial charge in [0.1, 0.15) is 0 Å². The van der Waals surface area contributed by atoms with Crippen LogP contribution in [0.3, 0.4) is 0 Å². The maximum absolute atomic E-state index is 12.4. The molecular weight excluding hydrogens is 418 g/mol. The first-order valence-corrected chi connectivity index (χ1v) is 11.6. The average Bonchev–Trinajstić information content (AvgIpc) is 3.54. The second-order valence-corrected chi connectivity index (χ2v) is 8.94. The highest BCUT2D eigenvalue weighted by Gasteiger charge is 2.29. The molecule has 1 unspecified atom stereocenters. The van der Waals surface area contributed by atoms with E-state index in [1.165, 1.54) is 12.8 Å². The van der Waals surface area contributed by atoms with Crippen molar-refractivity contribution < 1.29 is 4.79 Å². The Morgan fingerprint density at radius 2 is 2.03 bits per heavy atom. The van der Waals surface area contributed by atoms with Crippen LogP contribution in [0.2, 0.25) is 5.02 Å². The van der Waals surface area contributed by atoms with Crippen LogP contribution in [0.5, 0.6) is 0 Å². The number of rotatable bonds is 11. The molecule has 1 N–H and O–H groups in total. The van der Waals surface area contributed by atoms with Gasteiger partial charge in [0.2, 0.25) is 5.91 Å². The number of benzene rings is 1. The number of carbonyl (C=O) groups excluding carboxylic acids is 1. The molecule has 0 aliphatic heterocycles. The van der Waals surface area contributed by atoms with E-state index in [-0.39, 0.29) is 5.91 Å². The Labute approximate surface area is 189 Å². The molecule has 0 spiro atoms. The number of unbranched alkanes of at least 4 members (excludes halogenated alkanes) is 1. The molecule has 1 fully saturated rings. The molecule has 0 saturated heterocycles. The van der Waals surface area contributed by atoms with Crippen molar-refractivity contribution in [3.05, 3.63) is 34.1 Å². The lowest BCUT2D eigenvalue weighted by Gasteiger charge is -2.24. The maximum atomic E-state index is 12.4. The number of aryl methyl sites for hydroxylation is 1. The normalized spacial score (nSPS) is 14.8. The highest BCUT2D eigenvalue weighted by atomic mass is 35.5. The molecule has 1 saturated carbocycles. The van der Waals surface area contributed by atoms with Crippen LogP contribution < -0.4 is 5.32 Å². The molecule has 30 heavy (non-hydrogen) atoms. The van der Waals surface area contributed by atoms with Crippen molar-refractivity contribution in [3.8, 4) is 11.4 Å². The van der Waals surface area contributed by atoms with Crippen LogP contribution in [0.25, 0.3) is 11.4 Å². The van der Waals surface area contributed by atoms with E-state index < -0.39 is 0 Å². The summed E-state index contributed by atoms with van der Waals surface area (Å²) < 4.78 is 4.49. The number of aromatic nitrogens is 3. The molecule has 1 atom stereocenters. The van der Waals surface area contributed by atoms with E-state index in [1.54, 1.807) is 4.68 Å². The van der Waals surface area contributed by atoms with Crippen molar-refractivity contribution >= 4 is 29.7 Å². The third kappa shape index (κ3) is 5.93. The molecule has 0 bridgehead atoms. The molecule has 8 heteroatoms. The Hall–Kier alpha value is -1.70. The summed E-state index contributed by atoms with van der Waals surface area (Å²) in [6, 6.07) is 8.65. The van der Waals surface area contributed by atoms with Crippen LogP contribution in [0.4, 0.5) is 0 Å². The Kier molecular flexibility index (Phi) is 8.08. The summed E-state index contributed by atoms with van der Waals surface area (Å²) in [5.74, 6) is 0.856. The molecular formula is C22H32ClN5OS. The Morgan fingerprint density at radius 1 is 1.33 bits per heavy atom. The van der Waals surface area contributed by atoms with Crippen LogP contribution in [-0.4, -0.2) is 50.8 Å². The van der Waals surface area contributed by atoms with Gasteiger partial charge in [-0.1, -0.05) is 24.9 Å². The van der Waals surface area contributed by atoms with Crippen molar-refractivity contribution in [2.24, 2.45) is 0 Å². The summed E-state index contributed by atoms with van der Waals surface area (Å²) >= 11 is 11.7. The second kappa shape index (κ2) is 10.6. The van der Waals surface area contributed by atoms with Crippen molar-refractivity contribution in [3.63, 3.8) is 0 Å². The molecule has 2 aromatic rings. The van der Waals surface area contributed by atoms with E-state index in [4.69, 9.17) is 28.9 Å². The first-order chi connectivity index (χ1) is 14.4. The minimum atomic E-state index is 0.0316. The number of hydrogen-bond donors (Lipinski definition) is 1. The number of nitrogens with one attached hydrogen (secondary N) is 1. The molecule has 1 aromatic carbocycles. The molecule has 1 aliphatic rings. The van der Waals surface area contributed by atoms with E-state index in [0.717, 1.165) is 30.8 Å². The third-order valence-electron chi connectivity index (χ3n) is 5.72. The minimum absolute atomic E-state index is 0.0316. The lowest BCUT2D eigenvalue weighted by atomic mass is 10.2. The summed E-state index contributed by atoms with van der Waals surface area (Å²) in [6.07, 6.45) is 4.99. The van der Waals surface area contributed by atoms with Crippen molar-refractivity contribution in [2.45, 2.75) is 71.1 Å². The standard InChI is InChI=1S/C22H32ClN5OS/c1-4-5-13-27-21(17-6-8-18(23)9-7-17)25-28(22(27)30)14-12-20(29)24-15-16(2)26(3)19-10-11-19/h6-9,16,19H,4-5,10-15H2,1-3H3,(H,24,29). The number of hydrogen-bond acceptors (Lipinski definition) is 4. The van der Waals surface area contributed by atoms with Gasteiger partial charge in [0.25, 0.3) is 0 Å². The predicted molar refractivity (Wildman–Crippen MR) is 124 cm³/mol. The lowest BCUT2D eigenvalue weighted by Crippen LogP contribution is -2.41. The van der Waals surface area contributed by atoms with Gasteiger partial charge in [0.05, 0.1) is 6.54 Å². The van der Waals surface area contributed by atoms with Crippen molar-refractivity contribution in [1.29, 1.82) is 0 Å². The molecule has 1 heterocycles. The maximum Gasteiger partial charge on any atom is 0.221 e. The first-order valence-electron chi connectivity index (χ1n) is 10.8. The fourth-order valence-electron chi connectivity index (χ4n) is 3.46. The Balaban J connectivity index is 1.64. The van der Waals surface area contributed by atoms with Gasteiger partial charge in [-0.25, -0.2) is 4.68 Å². The molecule has 3 rings (SSSR count). The number of likely N-dealkylation sites (N-methyl/N-ethyl adjacent to an activating group) is 1. The van der Waals surface area contributed by atoms with Gasteiger partial charge in [0.15, 0.2) is 10.6 Å². The molecule has 0 radical (unpaired) electrons. The summed E-state index contributed by atoms with van der Waals surface area (Å²) in [5, 5.41) is 8.48. The minimum Gasteiger partial charge on any atom is -0.354 e. The summed E-state index contributed by atoms with van der Waals surface area (Å²) in [4.78, 5) is 14.7. The molecule has 6 nitrogen and oxygen atoms in total. The fourth-order valence-corrected chi connectivity index (χ4v) is 3.90. The van der Waals surface area contributed by atoms with Crippen LogP contribution in [-0.2, 0) is 17.9 Å². The summed E-state index contributed by atoms with van der Waals surface area (Å²) in [6.45, 7) is 6.25. The van der Waals surface area contributed by atoms with Crippen LogP contribution in [0.1, 0.15) is 46.0 Å². The third-order valence-corrected chi connectivity index (χ3v) is 6.41. The van der Waals surface area contributed by atoms with Crippen LogP contribution in [0, 0.1) is 4.77 Å². The monoisotopic (exact) mass is 449 g/mol. The molecule has 1 aliphatic carbocycles. The van der Waals surface area contributed by atoms with E-state index in [0.29, 0.717) is 41.4 Å². The van der Waals surface area contributed by atoms with Gasteiger partial charge in [-0.05, 0) is 69.7 Å². The summed E-state index contributed by atoms with van der Waals surface area (Å²) in [5.41, 5.74) is 0.974. The Bertz CT molecular complexity index is 903. The second-order valence-electron chi connectivity index (χ2n) is 8.14. The highest BCUT2D eigenvalue weighted by Crippen LogP contribution is 2.26. The number of amides is 1. The van der Waals surface area contributed by atoms with Gasteiger partial charge < -0.3 is 5.32 Å². The first kappa shape index (κ1) is 23.0. The fraction of sp³-hybridized carbons (Fsp3) is 0.591. The lowest BCUT2D eigenvalue weighted by molar-refractivity contribution is -0.121. The zero-order chi connectivity index (χ0) is 21.7. The van der Waals surface area contributed by atoms with Gasteiger partial charge in [-0.3, -0.25) is 14.3 Å². The number of halogens is 1. The zero-order valence-corrected chi connectivity index (χ0v) is 19.7.